The van der Waals surface area contributed by atoms with Gasteiger partial charge in [-0.3, -0.25) is 14.9 Å². The van der Waals surface area contributed by atoms with Crippen LogP contribution in [0.4, 0.5) is 10.5 Å². The largest absolute Gasteiger partial charge is 0.481 e. The summed E-state index contributed by atoms with van der Waals surface area (Å²) in [6.07, 6.45) is 1.32. The van der Waals surface area contributed by atoms with Crippen LogP contribution in [0.2, 0.25) is 0 Å². The van der Waals surface area contributed by atoms with Gasteiger partial charge in [-0.1, -0.05) is 24.3 Å². The van der Waals surface area contributed by atoms with Gasteiger partial charge in [0, 0.05) is 5.56 Å². The highest BCUT2D eigenvalue weighted by Gasteiger charge is 2.37. The van der Waals surface area contributed by atoms with Crippen LogP contribution >= 0.6 is 0 Å². The summed E-state index contributed by atoms with van der Waals surface area (Å²) in [5.74, 6) is -1.86. The van der Waals surface area contributed by atoms with Gasteiger partial charge in [-0.2, -0.15) is 0 Å². The van der Waals surface area contributed by atoms with Crippen LogP contribution < -0.4 is 15.0 Å². The zero-order valence-corrected chi connectivity index (χ0v) is 16.7. The Kier molecular flexibility index (Phi) is 5.96. The first-order valence-corrected chi connectivity index (χ1v) is 9.09. The highest BCUT2D eigenvalue weighted by Crippen LogP contribution is 2.26. The Labute approximate surface area is 173 Å². The molecule has 1 N–H and O–H groups in total. The van der Waals surface area contributed by atoms with Gasteiger partial charge in [0.2, 0.25) is 0 Å². The lowest BCUT2D eigenvalue weighted by Gasteiger charge is -2.27. The fourth-order valence-electron chi connectivity index (χ4n) is 2.84. The second-order valence-corrected chi connectivity index (χ2v) is 6.63. The average Bonchev–Trinajstić information content (AvgIpc) is 2.72. The summed E-state index contributed by atoms with van der Waals surface area (Å²) in [6, 6.07) is 10.9. The number of amides is 4. The summed E-state index contributed by atoms with van der Waals surface area (Å²) in [6.45, 7) is 3.45. The predicted octanol–water partition coefficient (Wildman–Crippen LogP) is 2.52. The molecule has 30 heavy (non-hydrogen) atoms. The molecule has 1 saturated heterocycles. The van der Waals surface area contributed by atoms with Gasteiger partial charge in [-0.05, 0) is 49.2 Å². The first-order valence-electron chi connectivity index (χ1n) is 9.09. The van der Waals surface area contributed by atoms with Crippen molar-refractivity contribution in [3.05, 3.63) is 64.7 Å². The Bertz CT molecular complexity index is 1070. The van der Waals surface area contributed by atoms with Gasteiger partial charge in [0.1, 0.15) is 11.3 Å². The van der Waals surface area contributed by atoms with E-state index in [4.69, 9.17) is 4.74 Å². The molecular weight excluding hydrogens is 388 g/mol. The molecule has 0 saturated carbocycles. The van der Waals surface area contributed by atoms with Gasteiger partial charge < -0.3 is 9.47 Å². The van der Waals surface area contributed by atoms with Crippen molar-refractivity contribution >= 4 is 35.6 Å². The Morgan fingerprint density at radius 3 is 2.50 bits per heavy atom. The Morgan fingerprint density at radius 2 is 1.80 bits per heavy atom. The van der Waals surface area contributed by atoms with Crippen LogP contribution in [-0.4, -0.2) is 37.5 Å². The molecule has 1 heterocycles. The fraction of sp³-hybridized carbons (Fsp3) is 0.182. The van der Waals surface area contributed by atoms with Crippen molar-refractivity contribution in [2.45, 2.75) is 13.8 Å². The van der Waals surface area contributed by atoms with Crippen LogP contribution in [0, 0.1) is 13.8 Å². The Morgan fingerprint density at radius 1 is 1.07 bits per heavy atom. The number of anilines is 1. The smallest absolute Gasteiger partial charge is 0.343 e. The van der Waals surface area contributed by atoms with Crippen molar-refractivity contribution in [3.8, 4) is 5.75 Å². The molecule has 2 aromatic rings. The van der Waals surface area contributed by atoms with Gasteiger partial charge in [0.25, 0.3) is 11.8 Å². The number of aryl methyl sites for hydroxylation is 2. The molecule has 3 rings (SSSR count). The van der Waals surface area contributed by atoms with E-state index in [1.54, 1.807) is 42.5 Å². The molecule has 1 fully saturated rings. The standard InChI is InChI=1S/C22H20N2O6/c1-13-8-9-16(10-14(13)2)24-21(27)17(20(26)23-22(24)28)11-15-6-4-5-7-18(15)30-12-19(25)29-3/h4-11H,12H2,1-3H3,(H,23,26,28)/b17-11+. The fourth-order valence-corrected chi connectivity index (χ4v) is 2.84. The maximum absolute atomic E-state index is 13.0. The van der Waals surface area contributed by atoms with Gasteiger partial charge in [0.15, 0.2) is 6.61 Å². The number of carbonyl (C=O) groups is 4. The quantitative estimate of drug-likeness (QED) is 0.463. The molecule has 1 aliphatic rings. The molecule has 2 aromatic carbocycles. The number of methoxy groups -OCH3 is 1. The van der Waals surface area contributed by atoms with E-state index in [1.165, 1.54) is 13.2 Å². The summed E-state index contributed by atoms with van der Waals surface area (Å²) in [5, 5.41) is 2.19. The first-order chi connectivity index (χ1) is 14.3. The number of hydrogen-bond donors (Lipinski definition) is 1. The number of nitrogens with zero attached hydrogens (tertiary/aromatic N) is 1. The maximum Gasteiger partial charge on any atom is 0.343 e. The summed E-state index contributed by atoms with van der Waals surface area (Å²) in [7, 11) is 1.24. The third-order valence-electron chi connectivity index (χ3n) is 4.64. The van der Waals surface area contributed by atoms with Crippen molar-refractivity contribution in [2.75, 3.05) is 18.6 Å². The van der Waals surface area contributed by atoms with Crippen LogP contribution in [0.15, 0.2) is 48.0 Å². The monoisotopic (exact) mass is 408 g/mol. The Balaban J connectivity index is 1.97. The number of urea groups is 1. The molecule has 0 atom stereocenters. The number of para-hydroxylation sites is 1. The summed E-state index contributed by atoms with van der Waals surface area (Å²) < 4.78 is 9.97. The molecule has 1 aliphatic heterocycles. The molecule has 0 spiro atoms. The van der Waals surface area contributed by atoms with E-state index in [1.807, 2.05) is 13.8 Å². The summed E-state index contributed by atoms with van der Waals surface area (Å²) in [4.78, 5) is 50.0. The van der Waals surface area contributed by atoms with E-state index >= 15 is 0 Å². The lowest BCUT2D eigenvalue weighted by molar-refractivity contribution is -0.143. The molecule has 4 amide bonds. The van der Waals surface area contributed by atoms with E-state index < -0.39 is 23.8 Å². The zero-order chi connectivity index (χ0) is 21.8. The molecule has 0 unspecified atom stereocenters. The highest BCUT2D eigenvalue weighted by atomic mass is 16.6. The van der Waals surface area contributed by atoms with Crippen LogP contribution in [0.1, 0.15) is 16.7 Å². The normalized spacial score (nSPS) is 15.2. The van der Waals surface area contributed by atoms with E-state index in [2.05, 4.69) is 10.1 Å². The SMILES string of the molecule is COC(=O)COc1ccccc1/C=C1\C(=O)NC(=O)N(c2ccc(C)c(C)c2)C1=O. The van der Waals surface area contributed by atoms with E-state index in [-0.39, 0.29) is 17.9 Å². The van der Waals surface area contributed by atoms with E-state index in [9.17, 15) is 19.2 Å². The number of carbonyl (C=O) groups excluding carboxylic acids is 4. The van der Waals surface area contributed by atoms with Crippen molar-refractivity contribution < 1.29 is 28.7 Å². The minimum Gasteiger partial charge on any atom is -0.481 e. The lowest BCUT2D eigenvalue weighted by atomic mass is 10.0. The number of ether oxygens (including phenoxy) is 2. The van der Waals surface area contributed by atoms with E-state index in [0.717, 1.165) is 16.0 Å². The molecular formula is C22H20N2O6. The van der Waals surface area contributed by atoms with Gasteiger partial charge in [-0.25, -0.2) is 14.5 Å². The predicted molar refractivity (Wildman–Crippen MR) is 109 cm³/mol. The summed E-state index contributed by atoms with van der Waals surface area (Å²) in [5.41, 5.74) is 2.43. The van der Waals surface area contributed by atoms with Gasteiger partial charge in [0.05, 0.1) is 12.8 Å². The molecule has 154 valence electrons. The van der Waals surface area contributed by atoms with Crippen LogP contribution in [0.3, 0.4) is 0 Å². The second-order valence-electron chi connectivity index (χ2n) is 6.63. The third-order valence-corrected chi connectivity index (χ3v) is 4.64. The molecule has 8 nitrogen and oxygen atoms in total. The molecule has 0 aliphatic carbocycles. The van der Waals surface area contributed by atoms with Gasteiger partial charge in [-0.15, -0.1) is 0 Å². The van der Waals surface area contributed by atoms with Crippen LogP contribution in [0.5, 0.6) is 5.75 Å². The average molecular weight is 408 g/mol. The number of nitrogens with one attached hydrogen (secondary N) is 1. The lowest BCUT2D eigenvalue weighted by Crippen LogP contribution is -2.54. The van der Waals surface area contributed by atoms with Crippen molar-refractivity contribution in [2.24, 2.45) is 0 Å². The zero-order valence-electron chi connectivity index (χ0n) is 16.7. The number of esters is 1. The maximum atomic E-state index is 13.0. The Hall–Kier alpha value is -3.94. The first kappa shape index (κ1) is 20.8. The summed E-state index contributed by atoms with van der Waals surface area (Å²) >= 11 is 0. The number of hydrogen-bond acceptors (Lipinski definition) is 6. The van der Waals surface area contributed by atoms with Crippen molar-refractivity contribution in [1.82, 2.24) is 5.32 Å². The van der Waals surface area contributed by atoms with Crippen molar-refractivity contribution in [3.63, 3.8) is 0 Å². The molecule has 8 heteroatoms. The number of benzene rings is 2. The molecule has 0 radical (unpaired) electrons. The van der Waals surface area contributed by atoms with Gasteiger partial charge >= 0.3 is 12.0 Å². The number of imide groups is 2. The molecule has 0 aromatic heterocycles. The van der Waals surface area contributed by atoms with Crippen molar-refractivity contribution in [1.29, 1.82) is 0 Å². The number of rotatable bonds is 5. The van der Waals surface area contributed by atoms with Crippen LogP contribution in [-0.2, 0) is 19.1 Å². The number of barbiturate groups is 1. The highest BCUT2D eigenvalue weighted by molar-refractivity contribution is 6.39. The second kappa shape index (κ2) is 8.60. The third kappa shape index (κ3) is 4.22. The molecule has 0 bridgehead atoms. The van der Waals surface area contributed by atoms with Crippen LogP contribution in [0.25, 0.3) is 6.08 Å². The van der Waals surface area contributed by atoms with E-state index in [0.29, 0.717) is 11.3 Å². The minimum atomic E-state index is -0.819. The topological polar surface area (TPSA) is 102 Å². The minimum absolute atomic E-state index is 0.234.